The molecule has 0 aliphatic carbocycles. The second kappa shape index (κ2) is 11.2. The normalized spacial score (nSPS) is 13.0. The molecule has 0 saturated carbocycles. The standard InChI is InChI=1S/C39H26N4O2/c1-5-13-27(14-6-1)36-41-37(28-15-7-2-8-16-28)43-38(42-36)30-21-23-33(40-26-30)29-22-24-34-35(25-29)45-39(44-34,31-17-9-3-10-18-31)32-19-11-4-12-20-32/h1-26H. The van der Waals surface area contributed by atoms with Crippen LogP contribution in [-0.4, -0.2) is 19.9 Å². The maximum Gasteiger partial charge on any atom is 0.305 e. The van der Waals surface area contributed by atoms with Gasteiger partial charge in [0.15, 0.2) is 29.0 Å². The molecular weight excluding hydrogens is 556 g/mol. The minimum absolute atomic E-state index is 0.558. The van der Waals surface area contributed by atoms with E-state index in [0.717, 1.165) is 39.1 Å². The summed E-state index contributed by atoms with van der Waals surface area (Å²) in [5.74, 6) is 2.03. The smallest absolute Gasteiger partial charge is 0.305 e. The highest BCUT2D eigenvalue weighted by atomic mass is 16.7. The van der Waals surface area contributed by atoms with Gasteiger partial charge in [-0.25, -0.2) is 15.0 Å². The number of benzene rings is 5. The van der Waals surface area contributed by atoms with E-state index >= 15 is 0 Å². The summed E-state index contributed by atoms with van der Waals surface area (Å²) in [6.07, 6.45) is 1.80. The predicted molar refractivity (Wildman–Crippen MR) is 174 cm³/mol. The van der Waals surface area contributed by atoms with Crippen LogP contribution >= 0.6 is 0 Å². The van der Waals surface area contributed by atoms with E-state index in [-0.39, 0.29) is 0 Å². The van der Waals surface area contributed by atoms with Gasteiger partial charge in [0.25, 0.3) is 0 Å². The van der Waals surface area contributed by atoms with Crippen molar-refractivity contribution in [3.8, 4) is 56.9 Å². The molecule has 1 aliphatic rings. The third kappa shape index (κ3) is 4.98. The summed E-state index contributed by atoms with van der Waals surface area (Å²) in [4.78, 5) is 19.2. The fourth-order valence-corrected chi connectivity index (χ4v) is 5.51. The maximum absolute atomic E-state index is 6.66. The summed E-state index contributed by atoms with van der Waals surface area (Å²) in [6.45, 7) is 0. The molecule has 1 aliphatic heterocycles. The number of fused-ring (bicyclic) bond motifs is 1. The highest BCUT2D eigenvalue weighted by molar-refractivity contribution is 5.69. The van der Waals surface area contributed by atoms with Crippen molar-refractivity contribution in [3.63, 3.8) is 0 Å². The van der Waals surface area contributed by atoms with Gasteiger partial charge in [-0.15, -0.1) is 0 Å². The summed E-state index contributed by atoms with van der Waals surface area (Å²) in [5.41, 5.74) is 6.17. The topological polar surface area (TPSA) is 70.0 Å². The lowest BCUT2D eigenvalue weighted by Gasteiger charge is -2.28. The molecule has 7 aromatic rings. The van der Waals surface area contributed by atoms with E-state index in [4.69, 9.17) is 29.4 Å². The second-order valence-electron chi connectivity index (χ2n) is 10.7. The van der Waals surface area contributed by atoms with Crippen LogP contribution in [0.1, 0.15) is 11.1 Å². The zero-order valence-corrected chi connectivity index (χ0v) is 24.1. The summed E-state index contributed by atoms with van der Waals surface area (Å²) >= 11 is 0. The number of rotatable bonds is 6. The van der Waals surface area contributed by atoms with Crippen molar-refractivity contribution in [2.45, 2.75) is 5.79 Å². The Kier molecular flexibility index (Phi) is 6.57. The molecule has 45 heavy (non-hydrogen) atoms. The molecule has 0 bridgehead atoms. The molecular formula is C39H26N4O2. The van der Waals surface area contributed by atoms with E-state index in [2.05, 4.69) is 0 Å². The Balaban J connectivity index is 1.13. The molecule has 0 fully saturated rings. The van der Waals surface area contributed by atoms with Crippen molar-refractivity contribution in [1.29, 1.82) is 0 Å². The summed E-state index contributed by atoms with van der Waals surface area (Å²) in [6, 6.07) is 49.8. The van der Waals surface area contributed by atoms with Crippen molar-refractivity contribution in [3.05, 3.63) is 169 Å². The molecule has 0 atom stereocenters. The Bertz CT molecular complexity index is 1990. The van der Waals surface area contributed by atoms with Gasteiger partial charge in [-0.2, -0.15) is 0 Å². The predicted octanol–water partition coefficient (Wildman–Crippen LogP) is 8.61. The molecule has 0 amide bonds. The molecule has 0 unspecified atom stereocenters. The zero-order chi connectivity index (χ0) is 30.1. The first-order chi connectivity index (χ1) is 22.2. The molecule has 0 spiro atoms. The zero-order valence-electron chi connectivity index (χ0n) is 24.1. The lowest BCUT2D eigenvalue weighted by atomic mass is 9.97. The Hall–Kier alpha value is -6.14. The average Bonchev–Trinajstić information content (AvgIpc) is 3.53. The van der Waals surface area contributed by atoms with Crippen LogP contribution in [0.2, 0.25) is 0 Å². The monoisotopic (exact) mass is 582 g/mol. The molecule has 2 aromatic heterocycles. The molecule has 3 heterocycles. The first-order valence-corrected chi connectivity index (χ1v) is 14.7. The van der Waals surface area contributed by atoms with Crippen LogP contribution in [0.5, 0.6) is 11.5 Å². The van der Waals surface area contributed by atoms with Gasteiger partial charge in [0.05, 0.1) is 5.69 Å². The van der Waals surface area contributed by atoms with Gasteiger partial charge in [0.1, 0.15) is 0 Å². The summed E-state index contributed by atoms with van der Waals surface area (Å²) < 4.78 is 13.2. The van der Waals surface area contributed by atoms with Gasteiger partial charge >= 0.3 is 5.79 Å². The molecule has 5 aromatic carbocycles. The first-order valence-electron chi connectivity index (χ1n) is 14.7. The summed E-state index contributed by atoms with van der Waals surface area (Å²) in [7, 11) is 0. The Morgan fingerprint density at radius 2 is 0.867 bits per heavy atom. The van der Waals surface area contributed by atoms with Crippen molar-refractivity contribution in [2.24, 2.45) is 0 Å². The van der Waals surface area contributed by atoms with Crippen LogP contribution in [0.3, 0.4) is 0 Å². The molecule has 6 heteroatoms. The van der Waals surface area contributed by atoms with Crippen molar-refractivity contribution in [2.75, 3.05) is 0 Å². The van der Waals surface area contributed by atoms with E-state index in [1.165, 1.54) is 0 Å². The van der Waals surface area contributed by atoms with Crippen LogP contribution in [-0.2, 0) is 5.79 Å². The SMILES string of the molecule is c1ccc(-c2nc(-c3ccccc3)nc(-c3ccc(-c4ccc5c(c4)OC(c4ccccc4)(c4ccccc4)O5)nc3)n2)cc1. The molecule has 214 valence electrons. The van der Waals surface area contributed by atoms with Crippen molar-refractivity contribution >= 4 is 0 Å². The molecule has 8 rings (SSSR count). The number of nitrogens with zero attached hydrogens (tertiary/aromatic N) is 4. The third-order valence-corrected chi connectivity index (χ3v) is 7.78. The van der Waals surface area contributed by atoms with Crippen LogP contribution in [0, 0.1) is 0 Å². The van der Waals surface area contributed by atoms with E-state index in [9.17, 15) is 0 Å². The highest BCUT2D eigenvalue weighted by Gasteiger charge is 2.45. The number of aromatic nitrogens is 4. The van der Waals surface area contributed by atoms with Crippen LogP contribution < -0.4 is 9.47 Å². The van der Waals surface area contributed by atoms with Crippen LogP contribution in [0.4, 0.5) is 0 Å². The van der Waals surface area contributed by atoms with Gasteiger partial charge in [-0.1, -0.05) is 121 Å². The highest BCUT2D eigenvalue weighted by Crippen LogP contribution is 2.48. The molecule has 0 saturated heterocycles. The largest absolute Gasteiger partial charge is 0.440 e. The number of hydrogen-bond acceptors (Lipinski definition) is 6. The van der Waals surface area contributed by atoms with E-state index < -0.39 is 5.79 Å². The molecule has 6 nitrogen and oxygen atoms in total. The van der Waals surface area contributed by atoms with E-state index in [1.807, 2.05) is 152 Å². The third-order valence-electron chi connectivity index (χ3n) is 7.78. The van der Waals surface area contributed by atoms with Crippen LogP contribution in [0.15, 0.2) is 158 Å². The minimum atomic E-state index is -1.08. The second-order valence-corrected chi connectivity index (χ2v) is 10.7. The minimum Gasteiger partial charge on any atom is -0.440 e. The van der Waals surface area contributed by atoms with Gasteiger partial charge in [0.2, 0.25) is 0 Å². The number of hydrogen-bond donors (Lipinski definition) is 0. The molecule has 0 N–H and O–H groups in total. The van der Waals surface area contributed by atoms with E-state index in [0.29, 0.717) is 29.0 Å². The number of ether oxygens (including phenoxy) is 2. The average molecular weight is 583 g/mol. The van der Waals surface area contributed by atoms with Crippen molar-refractivity contribution < 1.29 is 9.47 Å². The van der Waals surface area contributed by atoms with Gasteiger partial charge < -0.3 is 9.47 Å². The Labute approximate surface area is 260 Å². The Morgan fingerprint density at radius 1 is 0.400 bits per heavy atom. The quantitative estimate of drug-likeness (QED) is 0.196. The van der Waals surface area contributed by atoms with Gasteiger partial charge in [-0.05, 0) is 30.3 Å². The van der Waals surface area contributed by atoms with Gasteiger partial charge in [-0.3, -0.25) is 4.98 Å². The number of pyridine rings is 1. The Morgan fingerprint density at radius 3 is 1.38 bits per heavy atom. The lowest BCUT2D eigenvalue weighted by molar-refractivity contribution is -0.0459. The summed E-state index contributed by atoms with van der Waals surface area (Å²) in [5, 5.41) is 0. The van der Waals surface area contributed by atoms with Crippen LogP contribution in [0.25, 0.3) is 45.4 Å². The first kappa shape index (κ1) is 26.5. The fraction of sp³-hybridized carbons (Fsp3) is 0.0256. The maximum atomic E-state index is 6.66. The lowest BCUT2D eigenvalue weighted by Crippen LogP contribution is -2.36. The van der Waals surface area contributed by atoms with Crippen molar-refractivity contribution in [1.82, 2.24) is 19.9 Å². The van der Waals surface area contributed by atoms with Gasteiger partial charge in [0, 0.05) is 39.6 Å². The van der Waals surface area contributed by atoms with E-state index in [1.54, 1.807) is 6.20 Å². The fourth-order valence-electron chi connectivity index (χ4n) is 5.51. The molecule has 0 radical (unpaired) electrons.